The van der Waals surface area contributed by atoms with Crippen molar-refractivity contribution >= 4 is 29.3 Å². The molecule has 1 fully saturated rings. The van der Waals surface area contributed by atoms with Crippen LogP contribution >= 0.6 is 11.6 Å². The van der Waals surface area contributed by atoms with Crippen molar-refractivity contribution in [3.05, 3.63) is 52.5 Å². The van der Waals surface area contributed by atoms with Crippen molar-refractivity contribution in [3.63, 3.8) is 0 Å². The zero-order valence-electron chi connectivity index (χ0n) is 20.1. The molecule has 10 heteroatoms. The van der Waals surface area contributed by atoms with Crippen LogP contribution in [0.15, 0.2) is 36.4 Å². The average Bonchev–Trinajstić information content (AvgIpc) is 2.86. The van der Waals surface area contributed by atoms with Gasteiger partial charge in [-0.1, -0.05) is 23.7 Å². The highest BCUT2D eigenvalue weighted by molar-refractivity contribution is 6.33. The Kier molecular flexibility index (Phi) is 9.45. The van der Waals surface area contributed by atoms with Gasteiger partial charge in [-0.25, -0.2) is 4.79 Å². The summed E-state index contributed by atoms with van der Waals surface area (Å²) >= 11 is 6.08. The molecule has 0 aromatic heterocycles. The number of piperidine rings is 1. The van der Waals surface area contributed by atoms with Gasteiger partial charge in [0.25, 0.3) is 5.91 Å². The molecular weight excluding hydrogens is 472 g/mol. The number of hydrogen-bond acceptors (Lipinski definition) is 6. The van der Waals surface area contributed by atoms with Crippen molar-refractivity contribution in [1.29, 1.82) is 0 Å². The van der Waals surface area contributed by atoms with Gasteiger partial charge in [-0.2, -0.15) is 0 Å². The Morgan fingerprint density at radius 2 is 1.94 bits per heavy atom. The number of likely N-dealkylation sites (tertiary alicyclic amines) is 1. The van der Waals surface area contributed by atoms with Gasteiger partial charge in [0.1, 0.15) is 11.5 Å². The van der Waals surface area contributed by atoms with Crippen LogP contribution < -0.4 is 25.8 Å². The summed E-state index contributed by atoms with van der Waals surface area (Å²) in [4.78, 5) is 26.3. The second kappa shape index (κ2) is 12.5. The van der Waals surface area contributed by atoms with E-state index in [4.69, 9.17) is 26.8 Å². The number of carboxylic acid groups (broad SMARTS) is 1. The zero-order valence-corrected chi connectivity index (χ0v) is 20.8. The SMILES string of the molecule is COc1cccc(C(CCN2CCC(CNC(=O)c3cc(Cl)c(N)cc3OC)CC2)NC(=O)O)c1. The quantitative estimate of drug-likeness (QED) is 0.363. The number of carbonyl (C=O) groups is 2. The molecule has 2 amide bonds. The van der Waals surface area contributed by atoms with E-state index in [0.29, 0.717) is 46.7 Å². The number of halogens is 1. The number of ether oxygens (including phenoxy) is 2. The zero-order chi connectivity index (χ0) is 25.4. The van der Waals surface area contributed by atoms with E-state index in [2.05, 4.69) is 15.5 Å². The number of methoxy groups -OCH3 is 2. The van der Waals surface area contributed by atoms with Crippen LogP contribution in [0.3, 0.4) is 0 Å². The smallest absolute Gasteiger partial charge is 0.405 e. The van der Waals surface area contributed by atoms with E-state index in [1.165, 1.54) is 13.2 Å². The van der Waals surface area contributed by atoms with Gasteiger partial charge in [-0.3, -0.25) is 4.79 Å². The molecule has 1 aliphatic rings. The standard InChI is InChI=1S/C25H33ClN4O5/c1-34-18-5-3-4-17(12-18)22(29-25(32)33)8-11-30-9-6-16(7-10-30)15-28-24(31)19-13-20(26)21(27)14-23(19)35-2/h3-5,12-14,16,22,29H,6-11,15,27H2,1-2H3,(H,28,31)(H,32,33). The Morgan fingerprint density at radius 3 is 2.60 bits per heavy atom. The third-order valence-corrected chi connectivity index (χ3v) is 6.68. The first-order valence-electron chi connectivity index (χ1n) is 11.6. The number of amides is 2. The number of nitrogens with two attached hydrogens (primary N) is 1. The Morgan fingerprint density at radius 1 is 1.20 bits per heavy atom. The van der Waals surface area contributed by atoms with Crippen molar-refractivity contribution in [3.8, 4) is 11.5 Å². The van der Waals surface area contributed by atoms with Crippen LogP contribution in [0.4, 0.5) is 10.5 Å². The summed E-state index contributed by atoms with van der Waals surface area (Å²) in [6, 6.07) is 10.2. The van der Waals surface area contributed by atoms with E-state index >= 15 is 0 Å². The lowest BCUT2D eigenvalue weighted by molar-refractivity contribution is 0.0932. The molecular formula is C25H33ClN4O5. The molecule has 1 aliphatic heterocycles. The minimum Gasteiger partial charge on any atom is -0.497 e. The fourth-order valence-electron chi connectivity index (χ4n) is 4.30. The fourth-order valence-corrected chi connectivity index (χ4v) is 4.47. The first-order chi connectivity index (χ1) is 16.8. The summed E-state index contributed by atoms with van der Waals surface area (Å²) in [5.74, 6) is 1.20. The number of rotatable bonds is 10. The van der Waals surface area contributed by atoms with Gasteiger partial charge in [0, 0.05) is 19.2 Å². The topological polar surface area (TPSA) is 126 Å². The van der Waals surface area contributed by atoms with Crippen LogP contribution in [0.5, 0.6) is 11.5 Å². The normalized spacial score (nSPS) is 15.3. The lowest BCUT2D eigenvalue weighted by Crippen LogP contribution is -2.40. The molecule has 1 unspecified atom stereocenters. The van der Waals surface area contributed by atoms with Crippen LogP contribution in [0, 0.1) is 5.92 Å². The summed E-state index contributed by atoms with van der Waals surface area (Å²) in [6.45, 7) is 3.10. The van der Waals surface area contributed by atoms with E-state index in [-0.39, 0.29) is 11.9 Å². The molecule has 0 aliphatic carbocycles. The number of nitrogens with zero attached hydrogens (tertiary/aromatic N) is 1. The predicted octanol–water partition coefficient (Wildman–Crippen LogP) is 3.78. The molecule has 1 saturated heterocycles. The molecule has 190 valence electrons. The molecule has 0 radical (unpaired) electrons. The Labute approximate surface area is 210 Å². The minimum absolute atomic E-state index is 0.243. The van der Waals surface area contributed by atoms with Gasteiger partial charge in [-0.05, 0) is 62.0 Å². The maximum atomic E-state index is 12.7. The highest BCUT2D eigenvalue weighted by atomic mass is 35.5. The van der Waals surface area contributed by atoms with Gasteiger partial charge >= 0.3 is 6.09 Å². The number of nitrogen functional groups attached to an aromatic ring is 1. The summed E-state index contributed by atoms with van der Waals surface area (Å²) in [5.41, 5.74) is 7.39. The van der Waals surface area contributed by atoms with Gasteiger partial charge in [0.05, 0.1) is 36.5 Å². The van der Waals surface area contributed by atoms with Crippen LogP contribution in [-0.4, -0.2) is 62.4 Å². The van der Waals surface area contributed by atoms with E-state index in [9.17, 15) is 14.7 Å². The highest BCUT2D eigenvalue weighted by Gasteiger charge is 2.23. The molecule has 3 rings (SSSR count). The van der Waals surface area contributed by atoms with Crippen LogP contribution in [-0.2, 0) is 0 Å². The third kappa shape index (κ3) is 7.40. The van der Waals surface area contributed by atoms with Crippen molar-refractivity contribution in [2.24, 2.45) is 5.92 Å². The first-order valence-corrected chi connectivity index (χ1v) is 12.0. The molecule has 2 aromatic carbocycles. The molecule has 2 aromatic rings. The average molecular weight is 505 g/mol. The van der Waals surface area contributed by atoms with Crippen LogP contribution in [0.25, 0.3) is 0 Å². The maximum absolute atomic E-state index is 12.7. The molecule has 0 bridgehead atoms. The number of hydrogen-bond donors (Lipinski definition) is 4. The lowest BCUT2D eigenvalue weighted by Gasteiger charge is -2.33. The minimum atomic E-state index is -1.05. The van der Waals surface area contributed by atoms with Crippen molar-refractivity contribution < 1.29 is 24.2 Å². The predicted molar refractivity (Wildman–Crippen MR) is 135 cm³/mol. The number of nitrogens with one attached hydrogen (secondary N) is 2. The third-order valence-electron chi connectivity index (χ3n) is 6.35. The van der Waals surface area contributed by atoms with Crippen molar-refractivity contribution in [1.82, 2.24) is 15.5 Å². The Balaban J connectivity index is 1.48. The number of carbonyl (C=O) groups excluding carboxylic acids is 1. The molecule has 9 nitrogen and oxygen atoms in total. The second-order valence-corrected chi connectivity index (χ2v) is 9.04. The van der Waals surface area contributed by atoms with Crippen molar-refractivity contribution in [2.75, 3.05) is 46.1 Å². The summed E-state index contributed by atoms with van der Waals surface area (Å²) < 4.78 is 10.5. The summed E-state index contributed by atoms with van der Waals surface area (Å²) in [7, 11) is 3.08. The van der Waals surface area contributed by atoms with E-state index < -0.39 is 6.09 Å². The summed E-state index contributed by atoms with van der Waals surface area (Å²) in [5, 5.41) is 15.2. The summed E-state index contributed by atoms with van der Waals surface area (Å²) in [6.07, 6.45) is 1.48. The van der Waals surface area contributed by atoms with Crippen LogP contribution in [0.2, 0.25) is 5.02 Å². The van der Waals surface area contributed by atoms with Crippen LogP contribution in [0.1, 0.15) is 41.2 Å². The van der Waals surface area contributed by atoms with Gasteiger partial charge in [0.15, 0.2) is 0 Å². The fraction of sp³-hybridized carbons (Fsp3) is 0.440. The molecule has 0 spiro atoms. The Hall–Kier alpha value is -3.17. The Bertz CT molecular complexity index is 1030. The maximum Gasteiger partial charge on any atom is 0.405 e. The largest absolute Gasteiger partial charge is 0.497 e. The first kappa shape index (κ1) is 26.4. The molecule has 0 saturated carbocycles. The van der Waals surface area contributed by atoms with Gasteiger partial charge in [-0.15, -0.1) is 0 Å². The molecule has 35 heavy (non-hydrogen) atoms. The second-order valence-electron chi connectivity index (χ2n) is 8.64. The molecule has 1 heterocycles. The monoisotopic (exact) mass is 504 g/mol. The van der Waals surface area contributed by atoms with E-state index in [1.54, 1.807) is 13.2 Å². The number of anilines is 1. The molecule has 1 atom stereocenters. The molecule has 5 N–H and O–H groups in total. The van der Waals surface area contributed by atoms with Gasteiger partial charge in [0.2, 0.25) is 0 Å². The lowest BCUT2D eigenvalue weighted by atomic mass is 9.95. The van der Waals surface area contributed by atoms with E-state index in [1.807, 2.05) is 24.3 Å². The van der Waals surface area contributed by atoms with E-state index in [0.717, 1.165) is 38.0 Å². The number of benzene rings is 2. The highest BCUT2D eigenvalue weighted by Crippen LogP contribution is 2.29. The van der Waals surface area contributed by atoms with Gasteiger partial charge < -0.3 is 35.8 Å². The van der Waals surface area contributed by atoms with Crippen molar-refractivity contribution in [2.45, 2.75) is 25.3 Å².